The van der Waals surface area contributed by atoms with E-state index < -0.39 is 0 Å². The summed E-state index contributed by atoms with van der Waals surface area (Å²) in [6.07, 6.45) is 0. The Bertz CT molecular complexity index is 140. The van der Waals surface area contributed by atoms with Crippen molar-refractivity contribution in [2.24, 2.45) is 0 Å². The molecule has 0 nitrogen and oxygen atoms in total. The van der Waals surface area contributed by atoms with E-state index in [1.165, 1.54) is 31.0 Å². The molecule has 0 aliphatic carbocycles. The maximum absolute atomic E-state index is 2.24. The van der Waals surface area contributed by atoms with Gasteiger partial charge in [0.25, 0.3) is 0 Å². The molecule has 2 radical (unpaired) electrons. The van der Waals surface area contributed by atoms with E-state index in [-0.39, 0.29) is 0 Å². The van der Waals surface area contributed by atoms with E-state index in [1.54, 1.807) is 0 Å². The molecule has 0 fully saturated rings. The van der Waals surface area contributed by atoms with Crippen LogP contribution in [0.5, 0.6) is 0 Å². The molecule has 0 spiro atoms. The van der Waals surface area contributed by atoms with Gasteiger partial charge < -0.3 is 0 Å². The van der Waals surface area contributed by atoms with Crippen LogP contribution < -0.4 is 3.58 Å². The summed E-state index contributed by atoms with van der Waals surface area (Å²) in [5.74, 6) is 0. The molecule has 0 N–H and O–H groups in total. The third kappa shape index (κ3) is 1.46. The van der Waals surface area contributed by atoms with Crippen LogP contribution in [0.4, 0.5) is 0 Å². The molecule has 0 bridgehead atoms. The second-order valence-electron chi connectivity index (χ2n) is 1.49. The first-order valence-corrected chi connectivity index (χ1v) is 4.62. The summed E-state index contributed by atoms with van der Waals surface area (Å²) in [7, 11) is 0. The molecule has 1 aromatic rings. The SMILES string of the molecule is Cc1c[c]([SnH])cs1. The number of aryl methyl sites for hydroxylation is 1. The van der Waals surface area contributed by atoms with E-state index >= 15 is 0 Å². The molecule has 1 heterocycles. The van der Waals surface area contributed by atoms with Crippen molar-refractivity contribution in [3.05, 3.63) is 16.3 Å². The zero-order valence-corrected chi connectivity index (χ0v) is 8.25. The van der Waals surface area contributed by atoms with E-state index in [4.69, 9.17) is 0 Å². The van der Waals surface area contributed by atoms with Gasteiger partial charge in [0.05, 0.1) is 0 Å². The Morgan fingerprint density at radius 1 is 1.71 bits per heavy atom. The van der Waals surface area contributed by atoms with Gasteiger partial charge in [-0.2, -0.15) is 0 Å². The van der Waals surface area contributed by atoms with Crippen LogP contribution in [0.3, 0.4) is 0 Å². The summed E-state index contributed by atoms with van der Waals surface area (Å²) in [5, 5.41) is 2.22. The van der Waals surface area contributed by atoms with Gasteiger partial charge in [-0.15, -0.1) is 0 Å². The molecule has 36 valence electrons. The van der Waals surface area contributed by atoms with E-state index in [0.717, 1.165) is 0 Å². The van der Waals surface area contributed by atoms with Crippen LogP contribution in [0.2, 0.25) is 0 Å². The Morgan fingerprint density at radius 3 is 2.57 bits per heavy atom. The fourth-order valence-electron chi connectivity index (χ4n) is 0.464. The second-order valence-corrected chi connectivity index (χ2v) is 4.51. The number of rotatable bonds is 0. The molecule has 7 heavy (non-hydrogen) atoms. The van der Waals surface area contributed by atoms with Crippen LogP contribution in [0.25, 0.3) is 0 Å². The summed E-state index contributed by atoms with van der Waals surface area (Å²) in [5.41, 5.74) is 0. The first-order chi connectivity index (χ1) is 3.29. The minimum atomic E-state index is 1.26. The van der Waals surface area contributed by atoms with Gasteiger partial charge >= 0.3 is 60.7 Å². The van der Waals surface area contributed by atoms with Crippen molar-refractivity contribution in [2.45, 2.75) is 6.92 Å². The predicted molar refractivity (Wildman–Crippen MR) is 35.8 cm³/mol. The van der Waals surface area contributed by atoms with E-state index in [2.05, 4.69) is 18.4 Å². The fraction of sp³-hybridized carbons (Fsp3) is 0.200. The Labute approximate surface area is 60.6 Å². The minimum absolute atomic E-state index is 1.26. The number of hydrogen-bond acceptors (Lipinski definition) is 1. The molecule has 0 atom stereocenters. The molecular formula is C5H6SSn. The van der Waals surface area contributed by atoms with Gasteiger partial charge in [0.1, 0.15) is 0 Å². The van der Waals surface area contributed by atoms with Crippen LogP contribution in [-0.4, -0.2) is 22.5 Å². The third-order valence-corrected chi connectivity index (χ3v) is 3.27. The van der Waals surface area contributed by atoms with Gasteiger partial charge in [-0.3, -0.25) is 0 Å². The number of hydrogen-bond donors (Lipinski definition) is 0. The van der Waals surface area contributed by atoms with Crippen molar-refractivity contribution in [3.8, 4) is 0 Å². The van der Waals surface area contributed by atoms with E-state index in [0.29, 0.717) is 0 Å². The average Bonchev–Trinajstić information content (AvgIpc) is 1.87. The van der Waals surface area contributed by atoms with Crippen LogP contribution in [0.1, 0.15) is 4.88 Å². The topological polar surface area (TPSA) is 0 Å². The Hall–Kier alpha value is 0.499. The standard InChI is InChI=1S/C5H5S.Sn.H/c1-5-3-2-4-6-5;;/h3-4H,1H3;;. The van der Waals surface area contributed by atoms with Crippen molar-refractivity contribution in [3.63, 3.8) is 0 Å². The molecule has 2 heteroatoms. The Balaban J connectivity index is 3.04. The fourth-order valence-corrected chi connectivity index (χ4v) is 2.70. The average molecular weight is 217 g/mol. The number of thiophene rings is 1. The van der Waals surface area contributed by atoms with E-state index in [1.807, 2.05) is 11.3 Å². The van der Waals surface area contributed by atoms with Crippen molar-refractivity contribution >= 4 is 37.4 Å². The predicted octanol–water partition coefficient (Wildman–Crippen LogP) is 0.583. The Morgan fingerprint density at radius 2 is 2.43 bits per heavy atom. The molecule has 1 rings (SSSR count). The van der Waals surface area contributed by atoms with Crippen molar-refractivity contribution in [1.29, 1.82) is 0 Å². The summed E-state index contributed by atoms with van der Waals surface area (Å²) in [6.45, 7) is 2.14. The van der Waals surface area contributed by atoms with Crippen molar-refractivity contribution in [1.82, 2.24) is 0 Å². The summed E-state index contributed by atoms with van der Waals surface area (Å²) in [6, 6.07) is 2.24. The van der Waals surface area contributed by atoms with E-state index in [9.17, 15) is 0 Å². The molecule has 0 aliphatic heterocycles. The molecule has 0 amide bonds. The van der Waals surface area contributed by atoms with Gasteiger partial charge in [-0.05, 0) is 0 Å². The van der Waals surface area contributed by atoms with Crippen LogP contribution in [-0.2, 0) is 0 Å². The quantitative estimate of drug-likeness (QED) is 0.557. The molecule has 0 aromatic carbocycles. The molecule has 0 saturated heterocycles. The van der Waals surface area contributed by atoms with Gasteiger partial charge in [-0.25, -0.2) is 0 Å². The van der Waals surface area contributed by atoms with Gasteiger partial charge in [0.15, 0.2) is 0 Å². The molecule has 0 saturated carbocycles. The van der Waals surface area contributed by atoms with Gasteiger partial charge in [-0.1, -0.05) is 0 Å². The molecule has 1 aromatic heterocycles. The van der Waals surface area contributed by atoms with Crippen molar-refractivity contribution < 1.29 is 0 Å². The Kier molecular flexibility index (Phi) is 1.75. The zero-order valence-electron chi connectivity index (χ0n) is 4.14. The maximum atomic E-state index is 2.24. The monoisotopic (exact) mass is 218 g/mol. The summed E-state index contributed by atoms with van der Waals surface area (Å²) in [4.78, 5) is 1.43. The third-order valence-electron chi connectivity index (χ3n) is 0.751. The molecular weight excluding hydrogens is 211 g/mol. The zero-order chi connectivity index (χ0) is 5.28. The van der Waals surface area contributed by atoms with Crippen LogP contribution >= 0.6 is 11.3 Å². The molecule has 0 unspecified atom stereocenters. The molecule has 0 aliphatic rings. The van der Waals surface area contributed by atoms with Crippen molar-refractivity contribution in [2.75, 3.05) is 0 Å². The van der Waals surface area contributed by atoms with Crippen LogP contribution in [0.15, 0.2) is 11.4 Å². The van der Waals surface area contributed by atoms with Crippen LogP contribution in [0, 0.1) is 6.92 Å². The normalized spacial score (nSPS) is 9.43. The van der Waals surface area contributed by atoms with Gasteiger partial charge in [0.2, 0.25) is 0 Å². The summed E-state index contributed by atoms with van der Waals surface area (Å²) >= 11 is 3.10. The first kappa shape index (κ1) is 5.63. The first-order valence-electron chi connectivity index (χ1n) is 2.09. The summed E-state index contributed by atoms with van der Waals surface area (Å²) < 4.78 is 1.51. The second kappa shape index (κ2) is 2.18. The van der Waals surface area contributed by atoms with Gasteiger partial charge in [0, 0.05) is 0 Å².